The number of hydrogen-bond acceptors (Lipinski definition) is 5. The molecule has 2 heterocycles. The van der Waals surface area contributed by atoms with E-state index < -0.39 is 10.0 Å². The Hall–Kier alpha value is -2.68. The second kappa shape index (κ2) is 5.02. The minimum Gasteiger partial charge on any atom is -0.284 e. The monoisotopic (exact) mass is 304 g/mol. The van der Waals surface area contributed by atoms with Crippen LogP contribution >= 0.6 is 0 Å². The first-order valence-corrected chi connectivity index (χ1v) is 7.54. The van der Waals surface area contributed by atoms with Crippen molar-refractivity contribution >= 4 is 15.7 Å². The predicted molar refractivity (Wildman–Crippen MR) is 76.0 cm³/mol. The van der Waals surface area contributed by atoms with Gasteiger partial charge in [-0.25, -0.2) is 13.4 Å². The van der Waals surface area contributed by atoms with Crippen LogP contribution in [-0.4, -0.2) is 33.8 Å². The number of H-pyrrole nitrogens is 2. The van der Waals surface area contributed by atoms with E-state index >= 15 is 0 Å². The summed E-state index contributed by atoms with van der Waals surface area (Å²) in [6, 6.07) is 6.85. The highest BCUT2D eigenvalue weighted by atomic mass is 32.2. The van der Waals surface area contributed by atoms with Crippen LogP contribution < -0.4 is 4.72 Å². The van der Waals surface area contributed by atoms with E-state index in [0.717, 1.165) is 0 Å². The van der Waals surface area contributed by atoms with Gasteiger partial charge < -0.3 is 0 Å². The van der Waals surface area contributed by atoms with Gasteiger partial charge in [0.1, 0.15) is 10.7 Å². The van der Waals surface area contributed by atoms with E-state index in [9.17, 15) is 8.42 Å². The molecule has 8 nitrogen and oxygen atoms in total. The van der Waals surface area contributed by atoms with E-state index in [2.05, 4.69) is 30.1 Å². The number of anilines is 1. The van der Waals surface area contributed by atoms with Crippen LogP contribution in [0.1, 0.15) is 5.82 Å². The first kappa shape index (κ1) is 13.3. The molecule has 0 amide bonds. The second-order valence-corrected chi connectivity index (χ2v) is 6.05. The normalized spacial score (nSPS) is 11.5. The molecule has 0 radical (unpaired) electrons. The van der Waals surface area contributed by atoms with Crippen molar-refractivity contribution in [3.8, 4) is 11.4 Å². The van der Waals surface area contributed by atoms with Crippen LogP contribution in [0, 0.1) is 6.92 Å². The number of nitrogens with one attached hydrogen (secondary N) is 3. The maximum atomic E-state index is 12.1. The molecule has 0 unspecified atom stereocenters. The van der Waals surface area contributed by atoms with Crippen LogP contribution in [0.25, 0.3) is 11.4 Å². The lowest BCUT2D eigenvalue weighted by Gasteiger charge is -2.06. The number of rotatable bonds is 4. The topological polar surface area (TPSA) is 116 Å². The minimum absolute atomic E-state index is 0.0710. The summed E-state index contributed by atoms with van der Waals surface area (Å²) in [6.45, 7) is 1.79. The van der Waals surface area contributed by atoms with Crippen molar-refractivity contribution in [1.29, 1.82) is 0 Å². The average Bonchev–Trinajstić information content (AvgIpc) is 3.09. The molecule has 9 heteroatoms. The van der Waals surface area contributed by atoms with Crippen LogP contribution in [0.5, 0.6) is 0 Å². The summed E-state index contributed by atoms with van der Waals surface area (Å²) in [6.07, 6.45) is 2.55. The number of nitrogens with zero attached hydrogens (tertiary/aromatic N) is 3. The summed E-state index contributed by atoms with van der Waals surface area (Å²) in [7, 11) is -3.66. The Morgan fingerprint density at radius 1 is 1.29 bits per heavy atom. The molecule has 0 bridgehead atoms. The molecule has 0 aliphatic heterocycles. The Kier molecular flexibility index (Phi) is 3.18. The van der Waals surface area contributed by atoms with Gasteiger partial charge in [0.15, 0.2) is 5.82 Å². The number of aromatic amines is 2. The Labute approximate surface area is 120 Å². The molecule has 2 aromatic heterocycles. The number of aromatic nitrogens is 5. The van der Waals surface area contributed by atoms with Crippen molar-refractivity contribution in [2.75, 3.05) is 4.72 Å². The van der Waals surface area contributed by atoms with E-state index in [0.29, 0.717) is 22.9 Å². The van der Waals surface area contributed by atoms with Crippen molar-refractivity contribution in [3.63, 3.8) is 0 Å². The minimum atomic E-state index is -3.66. The van der Waals surface area contributed by atoms with Crippen molar-refractivity contribution in [2.45, 2.75) is 11.8 Å². The van der Waals surface area contributed by atoms with Crippen LogP contribution in [0.3, 0.4) is 0 Å². The Balaban J connectivity index is 1.91. The van der Waals surface area contributed by atoms with E-state index in [-0.39, 0.29) is 4.90 Å². The van der Waals surface area contributed by atoms with Crippen molar-refractivity contribution in [3.05, 3.63) is 42.5 Å². The van der Waals surface area contributed by atoms with Crippen LogP contribution in [0.2, 0.25) is 0 Å². The predicted octanol–water partition coefficient (Wildman–Crippen LogP) is 1.30. The van der Waals surface area contributed by atoms with Crippen LogP contribution in [-0.2, 0) is 10.0 Å². The van der Waals surface area contributed by atoms with Gasteiger partial charge in [0.25, 0.3) is 10.0 Å². The van der Waals surface area contributed by atoms with Crippen molar-refractivity contribution in [1.82, 2.24) is 25.4 Å². The Bertz CT molecular complexity index is 854. The third-order valence-electron chi connectivity index (χ3n) is 2.75. The summed E-state index contributed by atoms with van der Waals surface area (Å²) >= 11 is 0. The fourth-order valence-electron chi connectivity index (χ4n) is 1.79. The van der Waals surface area contributed by atoms with Crippen molar-refractivity contribution in [2.24, 2.45) is 0 Å². The molecule has 0 saturated heterocycles. The average molecular weight is 304 g/mol. The smallest absolute Gasteiger partial charge is 0.265 e. The highest BCUT2D eigenvalue weighted by Gasteiger charge is 2.15. The number of aryl methyl sites for hydroxylation is 1. The summed E-state index contributed by atoms with van der Waals surface area (Å²) in [5.74, 6) is 1.20. The molecule has 3 aromatic rings. The lowest BCUT2D eigenvalue weighted by molar-refractivity contribution is 0.601. The van der Waals surface area contributed by atoms with E-state index in [1.807, 2.05) is 0 Å². The van der Waals surface area contributed by atoms with E-state index in [1.54, 1.807) is 31.2 Å². The molecule has 0 fully saturated rings. The molecule has 3 N–H and O–H groups in total. The maximum absolute atomic E-state index is 12.1. The quantitative estimate of drug-likeness (QED) is 0.672. The standard InChI is InChI=1S/C12H12N6O2S/c1-8-15-12(17-16-8)9-3-2-4-10(5-9)18-21(19,20)11-6-13-14-7-11/h2-7,18H,1H3,(H,13,14)(H,15,16,17). The maximum Gasteiger partial charge on any atom is 0.265 e. The second-order valence-electron chi connectivity index (χ2n) is 4.36. The van der Waals surface area contributed by atoms with Gasteiger partial charge in [-0.3, -0.25) is 14.9 Å². The third-order valence-corrected chi connectivity index (χ3v) is 4.10. The fourth-order valence-corrected chi connectivity index (χ4v) is 2.75. The zero-order valence-electron chi connectivity index (χ0n) is 11.0. The number of hydrogen-bond donors (Lipinski definition) is 3. The summed E-state index contributed by atoms with van der Waals surface area (Å²) in [5, 5.41) is 12.9. The number of benzene rings is 1. The molecular weight excluding hydrogens is 292 g/mol. The van der Waals surface area contributed by atoms with Gasteiger partial charge in [0.05, 0.1) is 6.20 Å². The molecule has 1 aromatic carbocycles. The van der Waals surface area contributed by atoms with Gasteiger partial charge in [-0.2, -0.15) is 10.2 Å². The first-order valence-electron chi connectivity index (χ1n) is 6.06. The van der Waals surface area contributed by atoms with Gasteiger partial charge in [0, 0.05) is 17.4 Å². The lowest BCUT2D eigenvalue weighted by Crippen LogP contribution is -2.12. The SMILES string of the molecule is Cc1nc(-c2cccc(NS(=O)(=O)c3cn[nH]c3)c2)n[nH]1. The van der Waals surface area contributed by atoms with Gasteiger partial charge >= 0.3 is 0 Å². The first-order chi connectivity index (χ1) is 10.0. The molecule has 0 atom stereocenters. The molecule has 108 valence electrons. The van der Waals surface area contributed by atoms with Crippen LogP contribution in [0.15, 0.2) is 41.6 Å². The largest absolute Gasteiger partial charge is 0.284 e. The van der Waals surface area contributed by atoms with E-state index in [4.69, 9.17) is 0 Å². The lowest BCUT2D eigenvalue weighted by atomic mass is 10.2. The molecule has 3 rings (SSSR count). The molecule has 21 heavy (non-hydrogen) atoms. The van der Waals surface area contributed by atoms with E-state index in [1.165, 1.54) is 12.4 Å². The van der Waals surface area contributed by atoms with Crippen molar-refractivity contribution < 1.29 is 8.42 Å². The summed E-state index contributed by atoms with van der Waals surface area (Å²) in [4.78, 5) is 4.28. The zero-order valence-corrected chi connectivity index (χ0v) is 11.8. The molecular formula is C12H12N6O2S. The molecule has 0 saturated carbocycles. The molecule has 0 spiro atoms. The van der Waals surface area contributed by atoms with Gasteiger partial charge in [-0.1, -0.05) is 12.1 Å². The number of sulfonamides is 1. The van der Waals surface area contributed by atoms with Gasteiger partial charge in [0.2, 0.25) is 0 Å². The highest BCUT2D eigenvalue weighted by Crippen LogP contribution is 2.21. The fraction of sp³-hybridized carbons (Fsp3) is 0.0833. The highest BCUT2D eigenvalue weighted by molar-refractivity contribution is 7.92. The van der Waals surface area contributed by atoms with Crippen LogP contribution in [0.4, 0.5) is 5.69 Å². The van der Waals surface area contributed by atoms with Gasteiger partial charge in [-0.15, -0.1) is 0 Å². The van der Waals surface area contributed by atoms with Gasteiger partial charge in [-0.05, 0) is 19.1 Å². The third kappa shape index (κ3) is 2.77. The summed E-state index contributed by atoms with van der Waals surface area (Å²) < 4.78 is 26.7. The Morgan fingerprint density at radius 3 is 2.81 bits per heavy atom. The summed E-state index contributed by atoms with van der Waals surface area (Å²) in [5.41, 5.74) is 1.14. The molecule has 0 aliphatic rings. The molecule has 0 aliphatic carbocycles. The zero-order chi connectivity index (χ0) is 14.9. The Morgan fingerprint density at radius 2 is 2.14 bits per heavy atom.